The number of carbonyl (C=O) groups is 1. The largest absolute Gasteiger partial charge is 0.550 e. The van der Waals surface area contributed by atoms with Gasteiger partial charge in [0.15, 0.2) is 0 Å². The third kappa shape index (κ3) is 2.40. The predicted octanol–water partition coefficient (Wildman–Crippen LogP) is 2.94. The first-order valence-electron chi connectivity index (χ1n) is 5.68. The van der Waals surface area contributed by atoms with Crippen molar-refractivity contribution >= 4 is 34.2 Å². The van der Waals surface area contributed by atoms with E-state index >= 15 is 0 Å². The summed E-state index contributed by atoms with van der Waals surface area (Å²) in [6.45, 7) is 3.81. The molecule has 0 spiro atoms. The van der Waals surface area contributed by atoms with Crippen molar-refractivity contribution in [2.75, 3.05) is 0 Å². The molecule has 0 N–H and O–H groups in total. The van der Waals surface area contributed by atoms with Gasteiger partial charge in [-0.2, -0.15) is 0 Å². The molecule has 1 saturated carbocycles. The summed E-state index contributed by atoms with van der Waals surface area (Å²) < 4.78 is 0. The van der Waals surface area contributed by atoms with Crippen LogP contribution >= 0.6 is 23.2 Å². The lowest BCUT2D eigenvalue weighted by Crippen LogP contribution is -2.26. The highest BCUT2D eigenvalue weighted by molar-refractivity contribution is 6.48. The van der Waals surface area contributed by atoms with Crippen LogP contribution in [0.25, 0.3) is 5.03 Å². The number of hydrogen-bond acceptors (Lipinski definition) is 2. The quantitative estimate of drug-likeness (QED) is 0.856. The van der Waals surface area contributed by atoms with Crippen molar-refractivity contribution in [2.45, 2.75) is 13.8 Å². The molecule has 2 nitrogen and oxygen atoms in total. The number of carboxylic acid groups (broad SMARTS) is 1. The summed E-state index contributed by atoms with van der Waals surface area (Å²) in [5, 5.41) is 12.1. The Morgan fingerprint density at radius 1 is 1.33 bits per heavy atom. The molecule has 0 bridgehead atoms. The van der Waals surface area contributed by atoms with Gasteiger partial charge in [0.2, 0.25) is 0 Å². The molecule has 2 atom stereocenters. The van der Waals surface area contributed by atoms with E-state index in [0.29, 0.717) is 10.1 Å². The number of carboxylic acids is 1. The lowest BCUT2D eigenvalue weighted by atomic mass is 10.1. The Kier molecular flexibility index (Phi) is 3.43. The van der Waals surface area contributed by atoms with Gasteiger partial charge in [-0.3, -0.25) is 0 Å². The molecule has 1 aliphatic rings. The highest BCUT2D eigenvalue weighted by Gasteiger charge is 2.57. The number of benzene rings is 1. The van der Waals surface area contributed by atoms with Gasteiger partial charge in [-0.05, 0) is 29.0 Å². The van der Waals surface area contributed by atoms with Crippen LogP contribution in [-0.2, 0) is 4.79 Å². The van der Waals surface area contributed by atoms with Crippen LogP contribution in [0.2, 0.25) is 5.02 Å². The van der Waals surface area contributed by atoms with Crippen molar-refractivity contribution < 1.29 is 9.90 Å². The van der Waals surface area contributed by atoms with Gasteiger partial charge in [0.1, 0.15) is 0 Å². The van der Waals surface area contributed by atoms with Gasteiger partial charge < -0.3 is 9.90 Å². The molecule has 2 rings (SSSR count). The highest BCUT2D eigenvalue weighted by atomic mass is 35.5. The minimum atomic E-state index is -1.01. The lowest BCUT2D eigenvalue weighted by Gasteiger charge is -2.01. The number of halogens is 2. The Morgan fingerprint density at radius 3 is 2.33 bits per heavy atom. The number of carbonyl (C=O) groups excluding carboxylic acids is 1. The minimum absolute atomic E-state index is 0.0781. The molecule has 0 heterocycles. The molecule has 18 heavy (non-hydrogen) atoms. The van der Waals surface area contributed by atoms with E-state index in [9.17, 15) is 9.90 Å². The van der Waals surface area contributed by atoms with Crippen molar-refractivity contribution in [3.8, 4) is 0 Å². The number of allylic oxidation sites excluding steroid dienone is 1. The van der Waals surface area contributed by atoms with Gasteiger partial charge in [-0.15, -0.1) is 0 Å². The van der Waals surface area contributed by atoms with Crippen LogP contribution in [0, 0.1) is 17.3 Å². The van der Waals surface area contributed by atoms with E-state index in [1.165, 1.54) is 0 Å². The molecular weight excluding hydrogens is 271 g/mol. The predicted molar refractivity (Wildman–Crippen MR) is 71.1 cm³/mol. The van der Waals surface area contributed by atoms with E-state index in [1.807, 2.05) is 26.0 Å². The first-order chi connectivity index (χ1) is 8.34. The second-order valence-corrected chi connectivity index (χ2v) is 6.01. The fourth-order valence-corrected chi connectivity index (χ4v) is 2.69. The third-order valence-corrected chi connectivity index (χ3v) is 4.21. The number of rotatable bonds is 3. The molecule has 96 valence electrons. The Morgan fingerprint density at radius 2 is 1.89 bits per heavy atom. The molecule has 1 aromatic rings. The van der Waals surface area contributed by atoms with E-state index in [2.05, 4.69) is 0 Å². The zero-order valence-corrected chi connectivity index (χ0v) is 11.6. The van der Waals surface area contributed by atoms with Crippen LogP contribution in [0.5, 0.6) is 0 Å². The summed E-state index contributed by atoms with van der Waals surface area (Å²) >= 11 is 12.0. The average Bonchev–Trinajstić information content (AvgIpc) is 2.81. The number of hydrogen-bond donors (Lipinski definition) is 0. The summed E-state index contributed by atoms with van der Waals surface area (Å²) in [5.41, 5.74) is 0.548. The SMILES string of the molecule is CC1(C)[C@H](/C=C(\Cl)c2ccc(Cl)cc2)[C@@H]1C(=O)[O-]. The van der Waals surface area contributed by atoms with Gasteiger partial charge in [0.25, 0.3) is 0 Å². The molecular formula is C14H13Cl2O2-. The van der Waals surface area contributed by atoms with E-state index in [-0.39, 0.29) is 11.3 Å². The Bertz CT molecular complexity index is 503. The summed E-state index contributed by atoms with van der Waals surface area (Å²) in [6, 6.07) is 7.12. The monoisotopic (exact) mass is 283 g/mol. The lowest BCUT2D eigenvalue weighted by molar-refractivity contribution is -0.308. The molecule has 0 saturated heterocycles. The maximum absolute atomic E-state index is 10.9. The van der Waals surface area contributed by atoms with Crippen LogP contribution in [0.3, 0.4) is 0 Å². The van der Waals surface area contributed by atoms with Crippen molar-refractivity contribution in [3.63, 3.8) is 0 Å². The van der Waals surface area contributed by atoms with Crippen molar-refractivity contribution in [1.82, 2.24) is 0 Å². The first kappa shape index (κ1) is 13.4. The molecule has 0 amide bonds. The summed E-state index contributed by atoms with van der Waals surface area (Å²) in [4.78, 5) is 10.9. The van der Waals surface area contributed by atoms with Gasteiger partial charge >= 0.3 is 0 Å². The van der Waals surface area contributed by atoms with Gasteiger partial charge in [-0.1, -0.05) is 55.3 Å². The second kappa shape index (κ2) is 4.60. The molecule has 1 aromatic carbocycles. The maximum atomic E-state index is 10.9. The fourth-order valence-electron chi connectivity index (χ4n) is 2.30. The molecule has 0 unspecified atom stereocenters. The molecule has 1 fully saturated rings. The molecule has 0 radical (unpaired) electrons. The molecule has 0 aliphatic heterocycles. The van der Waals surface area contributed by atoms with Crippen molar-refractivity contribution in [1.29, 1.82) is 0 Å². The van der Waals surface area contributed by atoms with Crippen LogP contribution in [0.1, 0.15) is 19.4 Å². The highest BCUT2D eigenvalue weighted by Crippen LogP contribution is 2.59. The van der Waals surface area contributed by atoms with Gasteiger partial charge in [-0.25, -0.2) is 0 Å². The van der Waals surface area contributed by atoms with Crippen LogP contribution in [0.4, 0.5) is 0 Å². The van der Waals surface area contributed by atoms with E-state index in [4.69, 9.17) is 23.2 Å². The smallest absolute Gasteiger partial charge is 0.0456 e. The fraction of sp³-hybridized carbons (Fsp3) is 0.357. The zero-order valence-electron chi connectivity index (χ0n) is 10.1. The van der Waals surface area contributed by atoms with E-state index < -0.39 is 11.9 Å². The summed E-state index contributed by atoms with van der Waals surface area (Å²) in [6.07, 6.45) is 1.80. The van der Waals surface area contributed by atoms with Crippen LogP contribution in [0.15, 0.2) is 30.3 Å². The topological polar surface area (TPSA) is 40.1 Å². The molecule has 4 heteroatoms. The average molecular weight is 284 g/mol. The third-order valence-electron chi connectivity index (χ3n) is 3.61. The Hall–Kier alpha value is -0.990. The summed E-state index contributed by atoms with van der Waals surface area (Å²) in [7, 11) is 0. The number of aliphatic carboxylic acids is 1. The normalized spacial score (nSPS) is 25.9. The minimum Gasteiger partial charge on any atom is -0.550 e. The summed E-state index contributed by atoms with van der Waals surface area (Å²) in [5.74, 6) is -1.55. The van der Waals surface area contributed by atoms with Crippen molar-refractivity contribution in [2.24, 2.45) is 17.3 Å². The zero-order chi connectivity index (χ0) is 13.5. The Balaban J connectivity index is 2.20. The first-order valence-corrected chi connectivity index (χ1v) is 6.43. The second-order valence-electron chi connectivity index (χ2n) is 5.17. The standard InChI is InChI=1S/C14H14Cl2O2/c1-14(2)10(12(14)13(17)18)7-11(16)8-3-5-9(15)6-4-8/h3-7,10,12H,1-2H3,(H,17,18)/p-1/b11-7-/t10-,12-/m1/s1. The maximum Gasteiger partial charge on any atom is 0.0456 e. The van der Waals surface area contributed by atoms with Crippen LogP contribution < -0.4 is 5.11 Å². The van der Waals surface area contributed by atoms with Gasteiger partial charge in [0.05, 0.1) is 0 Å². The van der Waals surface area contributed by atoms with Crippen molar-refractivity contribution in [3.05, 3.63) is 40.9 Å². The van der Waals surface area contributed by atoms with Gasteiger partial charge in [0, 0.05) is 21.9 Å². The molecule has 1 aliphatic carbocycles. The van der Waals surface area contributed by atoms with E-state index in [0.717, 1.165) is 5.56 Å². The Labute approximate surface area is 116 Å². The van der Waals surface area contributed by atoms with Crippen LogP contribution in [-0.4, -0.2) is 5.97 Å². The molecule has 0 aromatic heterocycles. The van der Waals surface area contributed by atoms with E-state index in [1.54, 1.807) is 18.2 Å².